The lowest BCUT2D eigenvalue weighted by atomic mass is 10.4. The normalized spacial score (nSPS) is 11.2. The number of thiazole rings is 1. The first-order valence-electron chi connectivity index (χ1n) is 6.58. The third-order valence-electron chi connectivity index (χ3n) is 3.16. The van der Waals surface area contributed by atoms with Crippen LogP contribution in [-0.2, 0) is 13.0 Å². The molecule has 0 N–H and O–H groups in total. The Morgan fingerprint density at radius 3 is 2.81 bits per heavy atom. The first-order chi connectivity index (χ1) is 10.2. The van der Waals surface area contributed by atoms with Crippen molar-refractivity contribution < 1.29 is 4.74 Å². The highest BCUT2D eigenvalue weighted by Crippen LogP contribution is 2.20. The summed E-state index contributed by atoms with van der Waals surface area (Å²) in [7, 11) is 1.61. The van der Waals surface area contributed by atoms with Gasteiger partial charge in [-0.3, -0.25) is 0 Å². The number of hydrogen-bond acceptors (Lipinski definition) is 5. The summed E-state index contributed by atoms with van der Waals surface area (Å²) < 4.78 is 7.27. The number of fused-ring (bicyclic) bond motifs is 1. The fraction of sp³-hybridized carbons (Fsp3) is 0.357. The topological polar surface area (TPSA) is 52.8 Å². The number of ether oxygens (including phenoxy) is 1. The minimum atomic E-state index is 0.524. The second-order valence-corrected chi connectivity index (χ2v) is 6.05. The zero-order chi connectivity index (χ0) is 14.8. The molecule has 110 valence electrons. The molecule has 21 heavy (non-hydrogen) atoms. The first kappa shape index (κ1) is 14.3. The monoisotopic (exact) mass is 322 g/mol. The van der Waals surface area contributed by atoms with E-state index in [0.29, 0.717) is 24.7 Å². The van der Waals surface area contributed by atoms with E-state index in [2.05, 4.69) is 24.9 Å². The van der Waals surface area contributed by atoms with E-state index in [1.54, 1.807) is 18.4 Å². The summed E-state index contributed by atoms with van der Waals surface area (Å²) >= 11 is 7.53. The standard InChI is InChI=1S/C14H15ClN4OS/c1-9-16-10(8-21-9)7-19-12(5-6-15)17-11-3-4-13(20-2)18-14(11)19/h3-4,8H,5-7H2,1-2H3. The van der Waals surface area contributed by atoms with Crippen LogP contribution < -0.4 is 4.74 Å². The van der Waals surface area contributed by atoms with Crippen molar-refractivity contribution in [3.05, 3.63) is 34.0 Å². The Morgan fingerprint density at radius 2 is 2.14 bits per heavy atom. The molecule has 0 amide bonds. The van der Waals surface area contributed by atoms with E-state index in [0.717, 1.165) is 27.7 Å². The number of hydrogen-bond donors (Lipinski definition) is 0. The molecule has 3 rings (SSSR count). The van der Waals surface area contributed by atoms with E-state index in [9.17, 15) is 0 Å². The molecular weight excluding hydrogens is 308 g/mol. The van der Waals surface area contributed by atoms with Gasteiger partial charge >= 0.3 is 0 Å². The van der Waals surface area contributed by atoms with Crippen LogP contribution in [0.5, 0.6) is 5.88 Å². The van der Waals surface area contributed by atoms with E-state index < -0.39 is 0 Å². The number of aryl methyl sites for hydroxylation is 2. The van der Waals surface area contributed by atoms with Crippen LogP contribution in [0, 0.1) is 6.92 Å². The van der Waals surface area contributed by atoms with Crippen LogP contribution in [0.25, 0.3) is 11.2 Å². The lowest BCUT2D eigenvalue weighted by Gasteiger charge is -2.06. The van der Waals surface area contributed by atoms with Crippen LogP contribution in [-0.4, -0.2) is 32.5 Å². The molecule has 5 nitrogen and oxygen atoms in total. The van der Waals surface area contributed by atoms with Crippen molar-refractivity contribution in [2.75, 3.05) is 13.0 Å². The van der Waals surface area contributed by atoms with E-state index >= 15 is 0 Å². The second kappa shape index (κ2) is 5.99. The average molecular weight is 323 g/mol. The zero-order valence-electron chi connectivity index (χ0n) is 11.8. The molecule has 0 atom stereocenters. The molecule has 3 heterocycles. The molecule has 0 fully saturated rings. The molecule has 3 aromatic rings. The largest absolute Gasteiger partial charge is 0.481 e. The summed E-state index contributed by atoms with van der Waals surface area (Å²) in [5.41, 5.74) is 2.67. The van der Waals surface area contributed by atoms with Gasteiger partial charge in [0.05, 0.1) is 24.4 Å². The molecule has 0 aliphatic heterocycles. The fourth-order valence-electron chi connectivity index (χ4n) is 2.23. The Bertz CT molecular complexity index is 768. The maximum Gasteiger partial charge on any atom is 0.215 e. The van der Waals surface area contributed by atoms with E-state index in [4.69, 9.17) is 16.3 Å². The Hall–Kier alpha value is -1.66. The third kappa shape index (κ3) is 2.87. The Morgan fingerprint density at radius 1 is 1.29 bits per heavy atom. The van der Waals surface area contributed by atoms with Crippen molar-refractivity contribution in [1.29, 1.82) is 0 Å². The van der Waals surface area contributed by atoms with E-state index in [1.165, 1.54) is 0 Å². The summed E-state index contributed by atoms with van der Waals surface area (Å²) in [6.45, 7) is 2.65. The van der Waals surface area contributed by atoms with Crippen molar-refractivity contribution in [3.63, 3.8) is 0 Å². The molecule has 0 aromatic carbocycles. The van der Waals surface area contributed by atoms with Gasteiger partial charge in [0.1, 0.15) is 11.3 Å². The van der Waals surface area contributed by atoms with Crippen molar-refractivity contribution in [2.24, 2.45) is 0 Å². The summed E-state index contributed by atoms with van der Waals surface area (Å²) in [6.07, 6.45) is 0.698. The lowest BCUT2D eigenvalue weighted by Crippen LogP contribution is -2.07. The molecule has 0 bridgehead atoms. The Labute approximate surface area is 131 Å². The minimum Gasteiger partial charge on any atom is -0.481 e. The zero-order valence-corrected chi connectivity index (χ0v) is 13.4. The number of methoxy groups -OCH3 is 1. The summed E-state index contributed by atoms with van der Waals surface area (Å²) in [5.74, 6) is 2.03. The predicted octanol–water partition coefficient (Wildman–Crippen LogP) is 3.03. The fourth-order valence-corrected chi connectivity index (χ4v) is 3.00. The van der Waals surface area contributed by atoms with Crippen LogP contribution in [0.15, 0.2) is 17.5 Å². The number of aromatic nitrogens is 4. The van der Waals surface area contributed by atoms with Crippen molar-refractivity contribution in [3.8, 4) is 5.88 Å². The predicted molar refractivity (Wildman–Crippen MR) is 84.5 cm³/mol. The highest BCUT2D eigenvalue weighted by molar-refractivity contribution is 7.09. The second-order valence-electron chi connectivity index (χ2n) is 4.61. The van der Waals surface area contributed by atoms with Crippen molar-refractivity contribution >= 4 is 34.1 Å². The van der Waals surface area contributed by atoms with E-state index in [-0.39, 0.29) is 0 Å². The van der Waals surface area contributed by atoms with Gasteiger partial charge in [0.25, 0.3) is 0 Å². The number of imidazole rings is 1. The molecule has 3 aromatic heterocycles. The van der Waals surface area contributed by atoms with Gasteiger partial charge < -0.3 is 9.30 Å². The molecule has 0 radical (unpaired) electrons. The number of rotatable bonds is 5. The smallest absolute Gasteiger partial charge is 0.215 e. The molecule has 0 aliphatic carbocycles. The molecule has 0 spiro atoms. The molecular formula is C14H15ClN4OS. The maximum atomic E-state index is 5.89. The minimum absolute atomic E-state index is 0.524. The van der Waals surface area contributed by atoms with Crippen molar-refractivity contribution in [1.82, 2.24) is 19.5 Å². The van der Waals surface area contributed by atoms with Gasteiger partial charge in [-0.05, 0) is 13.0 Å². The summed E-state index contributed by atoms with van der Waals surface area (Å²) in [5, 5.41) is 3.12. The SMILES string of the molecule is COc1ccc2nc(CCCl)n(Cc3csc(C)n3)c2n1. The van der Waals surface area contributed by atoms with Crippen LogP contribution in [0.2, 0.25) is 0 Å². The number of nitrogens with zero attached hydrogens (tertiary/aromatic N) is 4. The number of pyridine rings is 1. The van der Waals surface area contributed by atoms with Gasteiger partial charge in [0.2, 0.25) is 5.88 Å². The van der Waals surface area contributed by atoms with Crippen LogP contribution in [0.1, 0.15) is 16.5 Å². The molecule has 0 aliphatic rings. The Kier molecular flexibility index (Phi) is 4.07. The highest BCUT2D eigenvalue weighted by atomic mass is 35.5. The third-order valence-corrected chi connectivity index (χ3v) is 4.17. The van der Waals surface area contributed by atoms with Crippen LogP contribution >= 0.6 is 22.9 Å². The van der Waals surface area contributed by atoms with Crippen molar-refractivity contribution in [2.45, 2.75) is 19.9 Å². The van der Waals surface area contributed by atoms with Gasteiger partial charge in [-0.15, -0.1) is 22.9 Å². The quantitative estimate of drug-likeness (QED) is 0.677. The maximum absolute atomic E-state index is 5.89. The summed E-state index contributed by atoms with van der Waals surface area (Å²) in [6, 6.07) is 3.73. The van der Waals surface area contributed by atoms with Crippen LogP contribution in [0.4, 0.5) is 0 Å². The van der Waals surface area contributed by atoms with Gasteiger partial charge in [-0.25, -0.2) is 9.97 Å². The molecule has 7 heteroatoms. The van der Waals surface area contributed by atoms with Gasteiger partial charge in [0, 0.05) is 23.7 Å². The van der Waals surface area contributed by atoms with Gasteiger partial charge in [-0.1, -0.05) is 0 Å². The molecule has 0 saturated heterocycles. The van der Waals surface area contributed by atoms with Gasteiger partial charge in [-0.2, -0.15) is 4.98 Å². The number of alkyl halides is 1. The van der Waals surface area contributed by atoms with Gasteiger partial charge in [0.15, 0.2) is 5.65 Å². The van der Waals surface area contributed by atoms with E-state index in [1.807, 2.05) is 19.1 Å². The summed E-state index contributed by atoms with van der Waals surface area (Å²) in [4.78, 5) is 13.6. The number of halogens is 1. The highest BCUT2D eigenvalue weighted by Gasteiger charge is 2.14. The van der Waals surface area contributed by atoms with Crippen LogP contribution in [0.3, 0.4) is 0 Å². The molecule has 0 unspecified atom stereocenters. The first-order valence-corrected chi connectivity index (χ1v) is 8.00. The average Bonchev–Trinajstić information content (AvgIpc) is 3.04. The molecule has 0 saturated carbocycles. The lowest BCUT2D eigenvalue weighted by molar-refractivity contribution is 0.399. The Balaban J connectivity index is 2.09.